The van der Waals surface area contributed by atoms with Gasteiger partial charge in [-0.3, -0.25) is 19.4 Å². The summed E-state index contributed by atoms with van der Waals surface area (Å²) in [5.74, 6) is -1.07. The number of hydrogen-bond acceptors (Lipinski definition) is 5. The van der Waals surface area contributed by atoms with Gasteiger partial charge in [0, 0.05) is 22.7 Å². The van der Waals surface area contributed by atoms with Crippen molar-refractivity contribution < 1.29 is 22.8 Å². The summed E-state index contributed by atoms with van der Waals surface area (Å²) in [7, 11) is -3.35. The molecule has 29 heavy (non-hydrogen) atoms. The van der Waals surface area contributed by atoms with Crippen molar-refractivity contribution in [1.29, 1.82) is 0 Å². The first-order chi connectivity index (χ1) is 13.6. The maximum Gasteiger partial charge on any atom is 0.332 e. The largest absolute Gasteiger partial charge is 0.332 e. The minimum Gasteiger partial charge on any atom is -0.325 e. The molecule has 10 heteroatoms. The summed E-state index contributed by atoms with van der Waals surface area (Å²) in [6.07, 6.45) is 1.08. The number of anilines is 2. The van der Waals surface area contributed by atoms with Gasteiger partial charge in [-0.2, -0.15) is 0 Å². The highest BCUT2D eigenvalue weighted by atomic mass is 35.5. The van der Waals surface area contributed by atoms with Gasteiger partial charge in [0.05, 0.1) is 4.90 Å². The van der Waals surface area contributed by atoms with E-state index in [2.05, 4.69) is 5.32 Å². The molecule has 8 nitrogen and oxygen atoms in total. The van der Waals surface area contributed by atoms with Gasteiger partial charge in [0.2, 0.25) is 5.91 Å². The van der Waals surface area contributed by atoms with Crippen molar-refractivity contribution in [2.75, 3.05) is 23.0 Å². The molecule has 1 saturated heterocycles. The Labute approximate surface area is 173 Å². The summed E-state index contributed by atoms with van der Waals surface area (Å²) in [5.41, 5.74) is 0.851. The summed E-state index contributed by atoms with van der Waals surface area (Å²) in [4.78, 5) is 39.8. The number of rotatable bonds is 5. The lowest BCUT2D eigenvalue weighted by molar-refractivity contribution is -0.130. The Morgan fingerprint density at radius 1 is 1.07 bits per heavy atom. The van der Waals surface area contributed by atoms with Crippen LogP contribution in [-0.2, 0) is 19.4 Å². The van der Waals surface area contributed by atoms with Crippen molar-refractivity contribution in [3.05, 3.63) is 53.6 Å². The van der Waals surface area contributed by atoms with Gasteiger partial charge >= 0.3 is 6.03 Å². The Balaban J connectivity index is 1.70. The average Bonchev–Trinajstić information content (AvgIpc) is 2.86. The molecule has 0 radical (unpaired) electrons. The number of carbonyl (C=O) groups excluding carboxylic acids is 3. The van der Waals surface area contributed by atoms with Crippen LogP contribution in [0.1, 0.15) is 6.92 Å². The third-order valence-corrected chi connectivity index (χ3v) is 5.80. The predicted molar refractivity (Wildman–Crippen MR) is 109 cm³/mol. The number of nitrogens with zero attached hydrogens (tertiary/aromatic N) is 2. The van der Waals surface area contributed by atoms with E-state index >= 15 is 0 Å². The standard InChI is InChI=1S/C19H18ClN3O5S/c1-12-18(25)22(19(26)23(12)15-7-3-13(20)4-8-15)11-17(24)21-14-5-9-16(10-6-14)29(2,27)28/h3-10,12H,11H2,1-2H3,(H,21,24)/t12-/m0/s1. The number of nitrogens with one attached hydrogen (secondary N) is 1. The number of urea groups is 1. The molecule has 0 bridgehead atoms. The lowest BCUT2D eigenvalue weighted by Crippen LogP contribution is -2.39. The van der Waals surface area contributed by atoms with E-state index in [4.69, 9.17) is 11.6 Å². The van der Waals surface area contributed by atoms with E-state index in [0.29, 0.717) is 16.4 Å². The normalized spacial score (nSPS) is 17.0. The van der Waals surface area contributed by atoms with E-state index in [-0.39, 0.29) is 4.90 Å². The van der Waals surface area contributed by atoms with E-state index in [1.165, 1.54) is 29.2 Å². The van der Waals surface area contributed by atoms with Crippen LogP contribution in [-0.4, -0.2) is 50.0 Å². The van der Waals surface area contributed by atoms with Crippen molar-refractivity contribution >= 4 is 50.7 Å². The third kappa shape index (κ3) is 4.41. The van der Waals surface area contributed by atoms with E-state index in [1.54, 1.807) is 31.2 Å². The molecule has 2 aromatic rings. The van der Waals surface area contributed by atoms with Gasteiger partial charge in [0.15, 0.2) is 9.84 Å². The number of sulfone groups is 1. The molecule has 1 atom stereocenters. The van der Waals surface area contributed by atoms with Gasteiger partial charge in [-0.15, -0.1) is 0 Å². The lowest BCUT2D eigenvalue weighted by atomic mass is 10.2. The molecule has 0 aliphatic carbocycles. The quantitative estimate of drug-likeness (QED) is 0.727. The zero-order valence-electron chi connectivity index (χ0n) is 15.6. The molecule has 1 aliphatic rings. The van der Waals surface area contributed by atoms with E-state index < -0.39 is 40.3 Å². The first kappa shape index (κ1) is 20.8. The topological polar surface area (TPSA) is 104 Å². The number of carbonyl (C=O) groups is 3. The summed E-state index contributed by atoms with van der Waals surface area (Å²) < 4.78 is 23.0. The van der Waals surface area contributed by atoms with E-state index in [1.807, 2.05) is 0 Å². The van der Waals surface area contributed by atoms with Crippen LogP contribution in [0.2, 0.25) is 5.02 Å². The second-order valence-electron chi connectivity index (χ2n) is 6.57. The molecule has 1 aliphatic heterocycles. The average molecular weight is 436 g/mol. The monoisotopic (exact) mass is 435 g/mol. The molecule has 1 N–H and O–H groups in total. The first-order valence-electron chi connectivity index (χ1n) is 8.58. The Kier molecular flexibility index (Phi) is 5.63. The first-order valence-corrected chi connectivity index (χ1v) is 10.8. The van der Waals surface area contributed by atoms with Gasteiger partial charge in [0.1, 0.15) is 12.6 Å². The van der Waals surface area contributed by atoms with E-state index in [0.717, 1.165) is 11.2 Å². The molecule has 152 valence electrons. The van der Waals surface area contributed by atoms with Crippen LogP contribution in [0.3, 0.4) is 0 Å². The van der Waals surface area contributed by atoms with Crippen LogP contribution < -0.4 is 10.2 Å². The van der Waals surface area contributed by atoms with Crippen LogP contribution in [0.15, 0.2) is 53.4 Å². The van der Waals surface area contributed by atoms with Crippen LogP contribution in [0.5, 0.6) is 0 Å². The fourth-order valence-electron chi connectivity index (χ4n) is 2.94. The lowest BCUT2D eigenvalue weighted by Gasteiger charge is -2.19. The molecule has 3 rings (SSSR count). The molecular weight excluding hydrogens is 418 g/mol. The van der Waals surface area contributed by atoms with Gasteiger partial charge in [-0.1, -0.05) is 11.6 Å². The molecule has 1 heterocycles. The molecule has 0 unspecified atom stereocenters. The van der Waals surface area contributed by atoms with Crippen molar-refractivity contribution in [1.82, 2.24) is 4.90 Å². The molecule has 0 spiro atoms. The van der Waals surface area contributed by atoms with Crippen molar-refractivity contribution in [3.8, 4) is 0 Å². The van der Waals surface area contributed by atoms with Gasteiger partial charge < -0.3 is 5.32 Å². The smallest absolute Gasteiger partial charge is 0.325 e. The summed E-state index contributed by atoms with van der Waals surface area (Å²) in [5, 5.41) is 3.05. The number of benzene rings is 2. The second-order valence-corrected chi connectivity index (χ2v) is 9.03. The van der Waals surface area contributed by atoms with Crippen LogP contribution in [0, 0.1) is 0 Å². The summed E-state index contributed by atoms with van der Waals surface area (Å²) >= 11 is 5.86. The predicted octanol–water partition coefficient (Wildman–Crippen LogP) is 2.54. The van der Waals surface area contributed by atoms with Crippen molar-refractivity contribution in [3.63, 3.8) is 0 Å². The Bertz CT molecular complexity index is 1070. The Morgan fingerprint density at radius 3 is 2.21 bits per heavy atom. The molecule has 2 aromatic carbocycles. The number of hydrogen-bond donors (Lipinski definition) is 1. The zero-order valence-corrected chi connectivity index (χ0v) is 17.2. The Hall–Kier alpha value is -2.91. The highest BCUT2D eigenvalue weighted by Gasteiger charge is 2.44. The highest BCUT2D eigenvalue weighted by Crippen LogP contribution is 2.27. The minimum absolute atomic E-state index is 0.118. The van der Waals surface area contributed by atoms with Gasteiger partial charge in [-0.05, 0) is 55.5 Å². The highest BCUT2D eigenvalue weighted by molar-refractivity contribution is 7.90. The van der Waals surface area contributed by atoms with E-state index in [9.17, 15) is 22.8 Å². The molecular formula is C19H18ClN3O5S. The fraction of sp³-hybridized carbons (Fsp3) is 0.211. The van der Waals surface area contributed by atoms with Gasteiger partial charge in [0.25, 0.3) is 5.91 Å². The summed E-state index contributed by atoms with van der Waals surface area (Å²) in [6, 6.07) is 10.7. The second kappa shape index (κ2) is 7.84. The SMILES string of the molecule is C[C@H]1C(=O)N(CC(=O)Nc2ccc(S(C)(=O)=O)cc2)C(=O)N1c1ccc(Cl)cc1. The van der Waals surface area contributed by atoms with Crippen LogP contribution in [0.4, 0.5) is 16.2 Å². The maximum absolute atomic E-state index is 12.7. The Morgan fingerprint density at radius 2 is 1.66 bits per heavy atom. The zero-order chi connectivity index (χ0) is 21.3. The minimum atomic E-state index is -3.35. The van der Waals surface area contributed by atoms with Crippen LogP contribution >= 0.6 is 11.6 Å². The van der Waals surface area contributed by atoms with Gasteiger partial charge in [-0.25, -0.2) is 13.2 Å². The van der Waals surface area contributed by atoms with Crippen molar-refractivity contribution in [2.24, 2.45) is 0 Å². The van der Waals surface area contributed by atoms with Crippen molar-refractivity contribution in [2.45, 2.75) is 17.9 Å². The summed E-state index contributed by atoms with van der Waals surface area (Å²) in [6.45, 7) is 1.12. The third-order valence-electron chi connectivity index (χ3n) is 4.42. The molecule has 4 amide bonds. The number of amides is 4. The molecule has 1 fully saturated rings. The maximum atomic E-state index is 12.7. The molecule has 0 saturated carbocycles. The number of halogens is 1. The molecule has 0 aromatic heterocycles. The fourth-order valence-corrected chi connectivity index (χ4v) is 3.69. The number of imide groups is 1. The van der Waals surface area contributed by atoms with Crippen LogP contribution in [0.25, 0.3) is 0 Å².